The van der Waals surface area contributed by atoms with E-state index in [0.717, 1.165) is 10.9 Å². The zero-order valence-corrected chi connectivity index (χ0v) is 16.9. The number of rotatable bonds is 7. The summed E-state index contributed by atoms with van der Waals surface area (Å²) in [5, 5.41) is 1.20. The van der Waals surface area contributed by atoms with Crippen LogP contribution in [0, 0.1) is 6.92 Å². The van der Waals surface area contributed by atoms with Crippen molar-refractivity contribution in [3.8, 4) is 11.5 Å². The van der Waals surface area contributed by atoms with Crippen molar-refractivity contribution in [1.29, 1.82) is 0 Å². The van der Waals surface area contributed by atoms with Crippen molar-refractivity contribution in [2.75, 3.05) is 20.8 Å². The van der Waals surface area contributed by atoms with Gasteiger partial charge < -0.3 is 18.6 Å². The highest BCUT2D eigenvalue weighted by molar-refractivity contribution is 6.32. The maximum absolute atomic E-state index is 12.4. The fraction of sp³-hybridized carbons (Fsp3) is 0.182. The van der Waals surface area contributed by atoms with Crippen LogP contribution in [-0.2, 0) is 9.53 Å². The minimum atomic E-state index is -0.668. The Bertz CT molecular complexity index is 1100. The minimum absolute atomic E-state index is 0.189. The molecule has 0 fully saturated rings. The number of ketones is 1. The average molecular weight is 415 g/mol. The van der Waals surface area contributed by atoms with E-state index in [1.807, 2.05) is 18.2 Å². The fourth-order valence-corrected chi connectivity index (χ4v) is 3.19. The van der Waals surface area contributed by atoms with E-state index in [0.29, 0.717) is 27.7 Å². The van der Waals surface area contributed by atoms with Gasteiger partial charge in [-0.05, 0) is 36.8 Å². The van der Waals surface area contributed by atoms with Gasteiger partial charge in [0, 0.05) is 17.0 Å². The van der Waals surface area contributed by atoms with Crippen LogP contribution in [0.5, 0.6) is 11.5 Å². The molecule has 0 saturated heterocycles. The van der Waals surface area contributed by atoms with E-state index in [1.54, 1.807) is 25.1 Å². The Kier molecular flexibility index (Phi) is 6.24. The van der Waals surface area contributed by atoms with Crippen molar-refractivity contribution < 1.29 is 28.2 Å². The van der Waals surface area contributed by atoms with Gasteiger partial charge in [-0.2, -0.15) is 0 Å². The SMILES string of the molecule is COc1cc(/C=C/C(=O)OCC(=O)c2oc3ccccc3c2C)cc(Cl)c1OC. The first kappa shape index (κ1) is 20.5. The van der Waals surface area contributed by atoms with E-state index in [1.165, 1.54) is 26.4 Å². The minimum Gasteiger partial charge on any atom is -0.493 e. The summed E-state index contributed by atoms with van der Waals surface area (Å²) in [5.41, 5.74) is 1.95. The number of Topliss-reactive ketones (excluding diaryl/α,β-unsaturated/α-hetero) is 1. The molecule has 2 aromatic carbocycles. The van der Waals surface area contributed by atoms with Crippen molar-refractivity contribution in [2.45, 2.75) is 6.92 Å². The van der Waals surface area contributed by atoms with E-state index in [-0.39, 0.29) is 5.76 Å². The Labute approximate surface area is 172 Å². The second-order valence-corrected chi connectivity index (χ2v) is 6.56. The lowest BCUT2D eigenvalue weighted by atomic mass is 10.1. The van der Waals surface area contributed by atoms with E-state index in [2.05, 4.69) is 0 Å². The molecule has 0 spiro atoms. The molecule has 0 N–H and O–H groups in total. The standard InChI is InChI=1S/C22H19ClO6/c1-13-15-6-4-5-7-18(15)29-21(13)17(24)12-28-20(25)9-8-14-10-16(23)22(27-3)19(11-14)26-2/h4-11H,12H2,1-3H3/b9-8+. The summed E-state index contributed by atoms with van der Waals surface area (Å²) in [4.78, 5) is 24.4. The van der Waals surface area contributed by atoms with Gasteiger partial charge in [-0.1, -0.05) is 29.8 Å². The molecule has 0 bridgehead atoms. The summed E-state index contributed by atoms with van der Waals surface area (Å²) in [6.45, 7) is 1.37. The van der Waals surface area contributed by atoms with Crippen molar-refractivity contribution in [3.63, 3.8) is 0 Å². The molecule has 7 heteroatoms. The van der Waals surface area contributed by atoms with Crippen molar-refractivity contribution in [3.05, 3.63) is 64.4 Å². The molecule has 0 aliphatic rings. The third-order valence-electron chi connectivity index (χ3n) is 4.31. The molecule has 0 aliphatic heterocycles. The molecule has 150 valence electrons. The zero-order chi connectivity index (χ0) is 21.0. The predicted octanol–water partition coefficient (Wildman–Crippen LogP) is 4.85. The van der Waals surface area contributed by atoms with Crippen LogP contribution in [0.25, 0.3) is 17.0 Å². The van der Waals surface area contributed by atoms with Crippen molar-refractivity contribution in [1.82, 2.24) is 0 Å². The van der Waals surface area contributed by atoms with Crippen LogP contribution < -0.4 is 9.47 Å². The molecular weight excluding hydrogens is 396 g/mol. The summed E-state index contributed by atoms with van der Waals surface area (Å²) < 4.78 is 21.0. The van der Waals surface area contributed by atoms with Gasteiger partial charge in [-0.3, -0.25) is 4.79 Å². The van der Waals surface area contributed by atoms with Gasteiger partial charge in [0.25, 0.3) is 0 Å². The number of methoxy groups -OCH3 is 2. The van der Waals surface area contributed by atoms with Gasteiger partial charge in [0.05, 0.1) is 19.2 Å². The summed E-state index contributed by atoms with van der Waals surface area (Å²) in [6.07, 6.45) is 2.71. The zero-order valence-electron chi connectivity index (χ0n) is 16.2. The van der Waals surface area contributed by atoms with E-state index in [4.69, 9.17) is 30.2 Å². The van der Waals surface area contributed by atoms with Crippen molar-refractivity contribution in [2.24, 2.45) is 0 Å². The maximum atomic E-state index is 12.4. The van der Waals surface area contributed by atoms with Crippen LogP contribution in [-0.4, -0.2) is 32.6 Å². The van der Waals surface area contributed by atoms with Gasteiger partial charge in [-0.15, -0.1) is 0 Å². The molecular formula is C22H19ClO6. The highest BCUT2D eigenvalue weighted by Gasteiger charge is 2.18. The van der Waals surface area contributed by atoms with Crippen LogP contribution in [0.2, 0.25) is 5.02 Å². The number of aryl methyl sites for hydroxylation is 1. The van der Waals surface area contributed by atoms with Crippen molar-refractivity contribution >= 4 is 40.4 Å². The van der Waals surface area contributed by atoms with E-state index < -0.39 is 18.4 Å². The van der Waals surface area contributed by atoms with Gasteiger partial charge in [0.1, 0.15) is 5.58 Å². The van der Waals surface area contributed by atoms with Crippen LogP contribution in [0.3, 0.4) is 0 Å². The molecule has 1 heterocycles. The molecule has 29 heavy (non-hydrogen) atoms. The lowest BCUT2D eigenvalue weighted by Gasteiger charge is -2.10. The van der Waals surface area contributed by atoms with Crippen LogP contribution in [0.4, 0.5) is 0 Å². The monoisotopic (exact) mass is 414 g/mol. The molecule has 0 aliphatic carbocycles. The topological polar surface area (TPSA) is 75.0 Å². The average Bonchev–Trinajstić information content (AvgIpc) is 3.06. The molecule has 1 aromatic heterocycles. The molecule has 0 saturated carbocycles. The summed E-state index contributed by atoms with van der Waals surface area (Å²) in [5.74, 6) is -0.0495. The summed E-state index contributed by atoms with van der Waals surface area (Å²) >= 11 is 6.14. The molecule has 0 unspecified atom stereocenters. The molecule has 3 aromatic rings. The van der Waals surface area contributed by atoms with Crippen LogP contribution in [0.15, 0.2) is 46.9 Å². The Morgan fingerprint density at radius 1 is 1.14 bits per heavy atom. The highest BCUT2D eigenvalue weighted by atomic mass is 35.5. The second kappa shape index (κ2) is 8.84. The highest BCUT2D eigenvalue weighted by Crippen LogP contribution is 2.36. The third kappa shape index (κ3) is 4.43. The number of benzene rings is 2. The smallest absolute Gasteiger partial charge is 0.331 e. The van der Waals surface area contributed by atoms with Crippen LogP contribution >= 0.6 is 11.6 Å². The molecule has 0 amide bonds. The number of furan rings is 1. The Hall–Kier alpha value is -3.25. The number of halogens is 1. The van der Waals surface area contributed by atoms with Gasteiger partial charge in [0.15, 0.2) is 23.9 Å². The lowest BCUT2D eigenvalue weighted by Crippen LogP contribution is -2.12. The van der Waals surface area contributed by atoms with Gasteiger partial charge in [0.2, 0.25) is 5.78 Å². The number of hydrogen-bond acceptors (Lipinski definition) is 6. The van der Waals surface area contributed by atoms with Gasteiger partial charge >= 0.3 is 5.97 Å². The summed E-state index contributed by atoms with van der Waals surface area (Å²) in [7, 11) is 2.97. The number of esters is 1. The molecule has 0 radical (unpaired) electrons. The van der Waals surface area contributed by atoms with Crippen LogP contribution in [0.1, 0.15) is 21.7 Å². The first-order valence-corrected chi connectivity index (χ1v) is 9.10. The number of carbonyl (C=O) groups excluding carboxylic acids is 2. The quantitative estimate of drug-likeness (QED) is 0.312. The van der Waals surface area contributed by atoms with E-state index in [9.17, 15) is 9.59 Å². The normalized spacial score (nSPS) is 11.0. The number of fused-ring (bicyclic) bond motifs is 1. The molecule has 3 rings (SSSR count). The number of para-hydroxylation sites is 1. The largest absolute Gasteiger partial charge is 0.493 e. The number of carbonyl (C=O) groups is 2. The first-order chi connectivity index (χ1) is 13.9. The first-order valence-electron chi connectivity index (χ1n) is 8.72. The maximum Gasteiger partial charge on any atom is 0.331 e. The Morgan fingerprint density at radius 2 is 1.90 bits per heavy atom. The summed E-state index contributed by atoms with van der Waals surface area (Å²) in [6, 6.07) is 10.6. The van der Waals surface area contributed by atoms with Gasteiger partial charge in [-0.25, -0.2) is 4.79 Å². The molecule has 6 nitrogen and oxygen atoms in total. The Morgan fingerprint density at radius 3 is 2.59 bits per heavy atom. The predicted molar refractivity (Wildman–Crippen MR) is 110 cm³/mol. The number of ether oxygens (including phenoxy) is 3. The third-order valence-corrected chi connectivity index (χ3v) is 4.59. The lowest BCUT2D eigenvalue weighted by molar-refractivity contribution is -0.136. The Balaban J connectivity index is 1.65. The molecule has 0 atom stereocenters. The number of hydrogen-bond donors (Lipinski definition) is 0. The second-order valence-electron chi connectivity index (χ2n) is 6.15. The van der Waals surface area contributed by atoms with E-state index >= 15 is 0 Å². The fourth-order valence-electron chi connectivity index (χ4n) is 2.89.